The Balaban J connectivity index is 4.18. The topological polar surface area (TPSA) is 155 Å². The maximum Gasteiger partial charge on any atom is 0.472 e. The number of allylic oxidation sites excluding steroid dienone is 4. The number of esters is 1. The molecule has 0 amide bonds. The molecule has 0 aliphatic heterocycles. The summed E-state index contributed by atoms with van der Waals surface area (Å²) < 4.78 is 33.4. The van der Waals surface area contributed by atoms with E-state index < -0.39 is 45.1 Å². The van der Waals surface area contributed by atoms with Crippen LogP contribution in [0.5, 0.6) is 0 Å². The molecule has 3 unspecified atom stereocenters. The van der Waals surface area contributed by atoms with E-state index in [2.05, 4.69) is 38.2 Å². The summed E-state index contributed by atoms with van der Waals surface area (Å²) >= 11 is 0. The van der Waals surface area contributed by atoms with Crippen molar-refractivity contribution in [2.24, 2.45) is 5.73 Å². The van der Waals surface area contributed by atoms with Crippen LogP contribution in [0.15, 0.2) is 24.3 Å². The zero-order valence-electron chi connectivity index (χ0n) is 36.7. The first kappa shape index (κ1) is 55.5. The molecule has 0 saturated heterocycles. The van der Waals surface area contributed by atoms with Crippen molar-refractivity contribution in [1.29, 1.82) is 0 Å². The second kappa shape index (κ2) is 42.6. The number of aliphatic carboxylic acids is 1. The summed E-state index contributed by atoms with van der Waals surface area (Å²) in [6.45, 7) is 3.88. The number of ether oxygens (including phenoxy) is 2. The molecule has 0 bridgehead atoms. The highest BCUT2D eigenvalue weighted by atomic mass is 31.2. The molecular formula is C46H88NO9P. The minimum absolute atomic E-state index is 0.0170. The molecule has 0 aliphatic carbocycles. The van der Waals surface area contributed by atoms with E-state index in [1.54, 1.807) is 0 Å². The second-order valence-corrected chi connectivity index (χ2v) is 17.3. The van der Waals surface area contributed by atoms with Gasteiger partial charge in [-0.3, -0.25) is 18.6 Å². The van der Waals surface area contributed by atoms with Gasteiger partial charge in [-0.2, -0.15) is 0 Å². The number of phosphoric acid groups is 1. The summed E-state index contributed by atoms with van der Waals surface area (Å²) in [6, 6.07) is -1.47. The van der Waals surface area contributed by atoms with Crippen molar-refractivity contribution in [3.05, 3.63) is 24.3 Å². The fourth-order valence-electron chi connectivity index (χ4n) is 6.58. The molecule has 0 heterocycles. The molecule has 0 fully saturated rings. The van der Waals surface area contributed by atoms with Crippen LogP contribution in [0.3, 0.4) is 0 Å². The van der Waals surface area contributed by atoms with Gasteiger partial charge in [0, 0.05) is 13.0 Å². The van der Waals surface area contributed by atoms with Crippen LogP contribution in [-0.4, -0.2) is 60.5 Å². The second-order valence-electron chi connectivity index (χ2n) is 15.9. The van der Waals surface area contributed by atoms with E-state index in [4.69, 9.17) is 29.4 Å². The first-order valence-corrected chi connectivity index (χ1v) is 24.9. The molecule has 0 saturated carbocycles. The molecule has 10 nitrogen and oxygen atoms in total. The monoisotopic (exact) mass is 830 g/mol. The van der Waals surface area contributed by atoms with Crippen molar-refractivity contribution in [2.45, 2.75) is 231 Å². The van der Waals surface area contributed by atoms with Crippen LogP contribution in [0.2, 0.25) is 0 Å². The van der Waals surface area contributed by atoms with Crippen molar-refractivity contribution < 1.29 is 42.7 Å². The summed E-state index contributed by atoms with van der Waals surface area (Å²) in [6.07, 6.45) is 46.5. The lowest BCUT2D eigenvalue weighted by Crippen LogP contribution is -2.34. The van der Waals surface area contributed by atoms with Crippen LogP contribution in [0, 0.1) is 0 Å². The summed E-state index contributed by atoms with van der Waals surface area (Å²) in [7, 11) is -4.62. The van der Waals surface area contributed by atoms with Crippen molar-refractivity contribution in [3.63, 3.8) is 0 Å². The Hall–Kier alpha value is -1.55. The first-order valence-electron chi connectivity index (χ1n) is 23.4. The highest BCUT2D eigenvalue weighted by Gasteiger charge is 2.27. The normalized spacial score (nSPS) is 14.0. The Morgan fingerprint density at radius 2 is 0.965 bits per heavy atom. The Morgan fingerprint density at radius 1 is 0.561 bits per heavy atom. The quantitative estimate of drug-likeness (QED) is 0.0234. The van der Waals surface area contributed by atoms with Gasteiger partial charge in [-0.05, 0) is 44.9 Å². The summed E-state index contributed by atoms with van der Waals surface area (Å²) in [5.74, 6) is -1.77. The van der Waals surface area contributed by atoms with Gasteiger partial charge in [-0.25, -0.2) is 4.57 Å². The number of carboxylic acids is 1. The number of hydrogen-bond donors (Lipinski definition) is 3. The van der Waals surface area contributed by atoms with E-state index in [1.807, 2.05) is 0 Å². The van der Waals surface area contributed by atoms with Crippen molar-refractivity contribution in [3.8, 4) is 0 Å². The predicted molar refractivity (Wildman–Crippen MR) is 235 cm³/mol. The number of nitrogens with two attached hydrogens (primary N) is 1. The average Bonchev–Trinajstić information content (AvgIpc) is 3.19. The third kappa shape index (κ3) is 42.4. The van der Waals surface area contributed by atoms with Crippen LogP contribution in [-0.2, 0) is 32.7 Å². The van der Waals surface area contributed by atoms with Crippen molar-refractivity contribution in [2.75, 3.05) is 26.4 Å². The number of carboxylic acid groups (broad SMARTS) is 1. The minimum atomic E-state index is -4.62. The summed E-state index contributed by atoms with van der Waals surface area (Å²) in [5.41, 5.74) is 5.36. The van der Waals surface area contributed by atoms with Crippen LogP contribution >= 0.6 is 7.82 Å². The van der Waals surface area contributed by atoms with Gasteiger partial charge in [-0.1, -0.05) is 192 Å². The van der Waals surface area contributed by atoms with Gasteiger partial charge < -0.3 is 25.2 Å². The van der Waals surface area contributed by atoms with Crippen LogP contribution in [0.1, 0.15) is 219 Å². The third-order valence-corrected chi connectivity index (χ3v) is 11.2. The van der Waals surface area contributed by atoms with Gasteiger partial charge >= 0.3 is 19.8 Å². The Morgan fingerprint density at radius 3 is 1.46 bits per heavy atom. The third-order valence-electron chi connectivity index (χ3n) is 10.2. The molecule has 11 heteroatoms. The first-order chi connectivity index (χ1) is 27.7. The highest BCUT2D eigenvalue weighted by molar-refractivity contribution is 7.47. The average molecular weight is 830 g/mol. The number of carbonyl (C=O) groups excluding carboxylic acids is 1. The number of hydrogen-bond acceptors (Lipinski definition) is 8. The molecule has 57 heavy (non-hydrogen) atoms. The lowest BCUT2D eigenvalue weighted by molar-refractivity contribution is -0.154. The Kier molecular flexibility index (Phi) is 41.4. The van der Waals surface area contributed by atoms with E-state index >= 15 is 0 Å². The lowest BCUT2D eigenvalue weighted by Gasteiger charge is -2.20. The Bertz CT molecular complexity index is 1010. The maximum absolute atomic E-state index is 12.7. The molecule has 0 rings (SSSR count). The number of carbonyl (C=O) groups is 2. The molecule has 4 N–H and O–H groups in total. The van der Waals surface area contributed by atoms with Crippen molar-refractivity contribution in [1.82, 2.24) is 0 Å². The summed E-state index contributed by atoms with van der Waals surface area (Å²) in [5, 5.41) is 8.91. The van der Waals surface area contributed by atoms with Crippen LogP contribution in [0.4, 0.5) is 0 Å². The van der Waals surface area contributed by atoms with Crippen molar-refractivity contribution >= 4 is 19.8 Å². The predicted octanol–water partition coefficient (Wildman–Crippen LogP) is 13.1. The maximum atomic E-state index is 12.7. The fraction of sp³-hybridized carbons (Fsp3) is 0.870. The molecular weight excluding hydrogens is 741 g/mol. The number of phosphoric ester groups is 1. The van der Waals surface area contributed by atoms with Crippen LogP contribution < -0.4 is 5.73 Å². The molecule has 0 radical (unpaired) electrons. The standard InChI is InChI=1S/C46H88NO9P/c1-3-5-7-9-11-13-15-17-19-21-23-25-27-29-31-33-35-37-39-53-40-43(41-54-57(51,52)55-42-44(47)46(49)50)56-45(48)38-36-34-32-30-28-26-24-22-20-18-16-14-12-10-8-6-4-2/h11,13,17,19,43-44H,3-10,12,14-16,18,20-42,47H2,1-2H3,(H,49,50)(H,51,52)/b13-11-,19-17-. The number of unbranched alkanes of at least 4 members (excludes halogenated alkanes) is 27. The number of rotatable bonds is 45. The van der Waals surface area contributed by atoms with E-state index in [-0.39, 0.29) is 13.0 Å². The zero-order valence-corrected chi connectivity index (χ0v) is 37.6. The van der Waals surface area contributed by atoms with Gasteiger partial charge in [0.15, 0.2) is 0 Å². The Labute approximate surface area is 349 Å². The van der Waals surface area contributed by atoms with E-state index in [0.29, 0.717) is 13.0 Å². The van der Waals surface area contributed by atoms with Gasteiger partial charge in [0.05, 0.1) is 19.8 Å². The zero-order chi connectivity index (χ0) is 41.9. The highest BCUT2D eigenvalue weighted by Crippen LogP contribution is 2.43. The largest absolute Gasteiger partial charge is 0.480 e. The van der Waals surface area contributed by atoms with Crippen LogP contribution in [0.25, 0.3) is 0 Å². The van der Waals surface area contributed by atoms with E-state index in [0.717, 1.165) is 44.9 Å². The SMILES string of the molecule is CCCCC/C=C\C/C=C\CCCCCCCCCCOCC(COP(=O)(O)OCC(N)C(=O)O)OC(=O)CCCCCCCCCCCCCCCCCCC. The summed E-state index contributed by atoms with van der Waals surface area (Å²) in [4.78, 5) is 33.6. The van der Waals surface area contributed by atoms with Gasteiger partial charge in [0.25, 0.3) is 0 Å². The van der Waals surface area contributed by atoms with Gasteiger partial charge in [0.2, 0.25) is 0 Å². The smallest absolute Gasteiger partial charge is 0.472 e. The van der Waals surface area contributed by atoms with Gasteiger partial charge in [0.1, 0.15) is 12.1 Å². The molecule has 0 aromatic rings. The molecule has 336 valence electrons. The molecule has 3 atom stereocenters. The minimum Gasteiger partial charge on any atom is -0.480 e. The molecule has 0 aromatic heterocycles. The van der Waals surface area contributed by atoms with E-state index in [9.17, 15) is 19.0 Å². The van der Waals surface area contributed by atoms with Gasteiger partial charge in [-0.15, -0.1) is 0 Å². The molecule has 0 aromatic carbocycles. The van der Waals surface area contributed by atoms with E-state index in [1.165, 1.54) is 148 Å². The molecule has 0 spiro atoms. The molecule has 0 aliphatic rings. The fourth-order valence-corrected chi connectivity index (χ4v) is 7.35. The lowest BCUT2D eigenvalue weighted by atomic mass is 10.0.